The second kappa shape index (κ2) is 6.03. The Bertz CT molecular complexity index is 374. The maximum absolute atomic E-state index is 11.1. The topological polar surface area (TPSA) is 20.2 Å². The highest BCUT2D eigenvalue weighted by molar-refractivity contribution is 6.74. The van der Waals surface area contributed by atoms with E-state index in [-0.39, 0.29) is 0 Å². The minimum Gasteiger partial charge on any atom is -0.431 e. The first kappa shape index (κ1) is 15.5. The molecule has 0 atom stereocenters. The summed E-state index contributed by atoms with van der Waals surface area (Å²) in [5, 5.41) is 0. The first-order valence-electron chi connectivity index (χ1n) is 7.09. The standard InChI is InChI=1S/C16H28OSi/c1-12(2)16-10-8-7-9-15(16)11-18(17,13(3)4)14(5)6/h7-10,12-14,17H,11H2,1-6H3. The molecule has 0 aliphatic carbocycles. The van der Waals surface area contributed by atoms with Gasteiger partial charge < -0.3 is 4.80 Å². The number of rotatable bonds is 5. The van der Waals surface area contributed by atoms with Crippen LogP contribution in [0.15, 0.2) is 24.3 Å². The van der Waals surface area contributed by atoms with Gasteiger partial charge in [-0.25, -0.2) is 0 Å². The fraction of sp³-hybridized carbons (Fsp3) is 0.625. The normalized spacial score (nSPS) is 12.8. The predicted molar refractivity (Wildman–Crippen MR) is 82.4 cm³/mol. The van der Waals surface area contributed by atoms with Gasteiger partial charge in [-0.3, -0.25) is 0 Å². The van der Waals surface area contributed by atoms with Crippen LogP contribution in [0.4, 0.5) is 0 Å². The number of hydrogen-bond acceptors (Lipinski definition) is 1. The fourth-order valence-electron chi connectivity index (χ4n) is 2.64. The van der Waals surface area contributed by atoms with Crippen molar-refractivity contribution in [1.82, 2.24) is 0 Å². The van der Waals surface area contributed by atoms with E-state index >= 15 is 0 Å². The average Bonchev–Trinajstić information content (AvgIpc) is 2.28. The van der Waals surface area contributed by atoms with Gasteiger partial charge in [0.2, 0.25) is 0 Å². The van der Waals surface area contributed by atoms with Crippen molar-refractivity contribution in [1.29, 1.82) is 0 Å². The molecular formula is C16H28OSi. The van der Waals surface area contributed by atoms with Crippen LogP contribution in [0.5, 0.6) is 0 Å². The Balaban J connectivity index is 3.09. The SMILES string of the molecule is CC(C)c1ccccc1C[Si](O)(C(C)C)C(C)C. The molecule has 0 fully saturated rings. The molecule has 0 spiro atoms. The summed E-state index contributed by atoms with van der Waals surface area (Å²) in [4.78, 5) is 11.1. The molecule has 18 heavy (non-hydrogen) atoms. The highest BCUT2D eigenvalue weighted by Crippen LogP contribution is 2.34. The summed E-state index contributed by atoms with van der Waals surface area (Å²) >= 11 is 0. The molecule has 0 radical (unpaired) electrons. The monoisotopic (exact) mass is 264 g/mol. The third-order valence-corrected chi connectivity index (χ3v) is 9.10. The van der Waals surface area contributed by atoms with Crippen molar-refractivity contribution in [2.45, 2.75) is 64.6 Å². The van der Waals surface area contributed by atoms with Crippen molar-refractivity contribution in [2.24, 2.45) is 0 Å². The average molecular weight is 264 g/mol. The highest BCUT2D eigenvalue weighted by atomic mass is 28.4. The second-order valence-corrected chi connectivity index (χ2v) is 11.0. The molecule has 0 bridgehead atoms. The minimum atomic E-state index is -2.22. The molecule has 0 aromatic heterocycles. The number of benzene rings is 1. The molecule has 0 aliphatic heterocycles. The Labute approximate surface area is 113 Å². The van der Waals surface area contributed by atoms with Gasteiger partial charge in [-0.1, -0.05) is 65.8 Å². The van der Waals surface area contributed by atoms with Crippen LogP contribution >= 0.6 is 0 Å². The zero-order chi connectivity index (χ0) is 13.9. The second-order valence-electron chi connectivity index (χ2n) is 6.33. The van der Waals surface area contributed by atoms with Crippen LogP contribution in [-0.4, -0.2) is 13.1 Å². The van der Waals surface area contributed by atoms with Crippen LogP contribution in [-0.2, 0) is 6.04 Å². The Morgan fingerprint density at radius 3 is 1.89 bits per heavy atom. The molecule has 0 saturated carbocycles. The van der Waals surface area contributed by atoms with Crippen LogP contribution in [0.1, 0.15) is 58.6 Å². The first-order valence-corrected chi connectivity index (χ1v) is 9.40. The Morgan fingerprint density at radius 1 is 0.944 bits per heavy atom. The van der Waals surface area contributed by atoms with Gasteiger partial charge in [-0.05, 0) is 34.2 Å². The summed E-state index contributed by atoms with van der Waals surface area (Å²) in [6.07, 6.45) is 0. The smallest absolute Gasteiger partial charge is 0.197 e. The molecule has 1 N–H and O–H groups in total. The maximum atomic E-state index is 11.1. The third-order valence-electron chi connectivity index (χ3n) is 4.15. The van der Waals surface area contributed by atoms with Crippen LogP contribution in [0.25, 0.3) is 0 Å². The van der Waals surface area contributed by atoms with Crippen molar-refractivity contribution in [3.63, 3.8) is 0 Å². The molecule has 0 saturated heterocycles. The Hall–Kier alpha value is -0.603. The molecule has 102 valence electrons. The van der Waals surface area contributed by atoms with Gasteiger partial charge in [0.05, 0.1) is 0 Å². The highest BCUT2D eigenvalue weighted by Gasteiger charge is 2.38. The molecule has 1 nitrogen and oxygen atoms in total. The molecule has 0 amide bonds. The van der Waals surface area contributed by atoms with E-state index in [2.05, 4.69) is 65.8 Å². The quantitative estimate of drug-likeness (QED) is 0.768. The van der Waals surface area contributed by atoms with Crippen molar-refractivity contribution in [2.75, 3.05) is 0 Å². The molecule has 1 aromatic rings. The van der Waals surface area contributed by atoms with Crippen LogP contribution in [0.3, 0.4) is 0 Å². The Kier molecular flexibility index (Phi) is 5.17. The zero-order valence-corrected chi connectivity index (χ0v) is 13.7. The summed E-state index contributed by atoms with van der Waals surface area (Å²) in [7, 11) is -2.22. The van der Waals surface area contributed by atoms with Gasteiger partial charge in [0.1, 0.15) is 0 Å². The van der Waals surface area contributed by atoms with Crippen molar-refractivity contribution < 1.29 is 4.80 Å². The van der Waals surface area contributed by atoms with Gasteiger partial charge in [0.15, 0.2) is 8.32 Å². The molecule has 1 aromatic carbocycles. The zero-order valence-electron chi connectivity index (χ0n) is 12.7. The molecule has 2 heteroatoms. The van der Waals surface area contributed by atoms with E-state index in [0.29, 0.717) is 17.0 Å². The Morgan fingerprint density at radius 2 is 1.44 bits per heavy atom. The molecule has 0 heterocycles. The third kappa shape index (κ3) is 3.24. The minimum absolute atomic E-state index is 0.401. The van der Waals surface area contributed by atoms with E-state index in [9.17, 15) is 4.80 Å². The van der Waals surface area contributed by atoms with E-state index < -0.39 is 8.32 Å². The molecule has 0 aliphatic rings. The van der Waals surface area contributed by atoms with Crippen LogP contribution in [0, 0.1) is 0 Å². The van der Waals surface area contributed by atoms with Gasteiger partial charge in [-0.2, -0.15) is 0 Å². The molecule has 1 rings (SSSR count). The lowest BCUT2D eigenvalue weighted by molar-refractivity contribution is 0.489. The maximum Gasteiger partial charge on any atom is 0.197 e. The summed E-state index contributed by atoms with van der Waals surface area (Å²) in [6, 6.07) is 9.48. The largest absolute Gasteiger partial charge is 0.431 e. The van der Waals surface area contributed by atoms with E-state index in [0.717, 1.165) is 6.04 Å². The van der Waals surface area contributed by atoms with E-state index in [1.807, 2.05) is 0 Å². The van der Waals surface area contributed by atoms with Gasteiger partial charge in [0, 0.05) is 0 Å². The lowest BCUT2D eigenvalue weighted by Gasteiger charge is -2.34. The van der Waals surface area contributed by atoms with Crippen molar-refractivity contribution in [3.05, 3.63) is 35.4 Å². The van der Waals surface area contributed by atoms with Gasteiger partial charge in [0.25, 0.3) is 0 Å². The summed E-state index contributed by atoms with van der Waals surface area (Å²) in [6.45, 7) is 13.1. The van der Waals surface area contributed by atoms with Gasteiger partial charge >= 0.3 is 0 Å². The van der Waals surface area contributed by atoms with E-state index in [4.69, 9.17) is 0 Å². The summed E-state index contributed by atoms with van der Waals surface area (Å²) in [5.74, 6) is 0.527. The van der Waals surface area contributed by atoms with Crippen molar-refractivity contribution in [3.8, 4) is 0 Å². The lowest BCUT2D eigenvalue weighted by atomic mass is 9.98. The van der Waals surface area contributed by atoms with Gasteiger partial charge in [-0.15, -0.1) is 0 Å². The van der Waals surface area contributed by atoms with Crippen molar-refractivity contribution >= 4 is 8.32 Å². The van der Waals surface area contributed by atoms with E-state index in [1.165, 1.54) is 11.1 Å². The molecule has 0 unspecified atom stereocenters. The van der Waals surface area contributed by atoms with E-state index in [1.54, 1.807) is 0 Å². The number of hydrogen-bond donors (Lipinski definition) is 1. The first-order chi connectivity index (χ1) is 8.29. The predicted octanol–water partition coefficient (Wildman–Crippen LogP) is 4.65. The summed E-state index contributed by atoms with van der Waals surface area (Å²) < 4.78 is 0. The van der Waals surface area contributed by atoms with Crippen LogP contribution in [0.2, 0.25) is 11.1 Å². The fourth-order valence-corrected chi connectivity index (χ4v) is 5.72. The summed E-state index contributed by atoms with van der Waals surface area (Å²) in [5.41, 5.74) is 3.55. The lowest BCUT2D eigenvalue weighted by Crippen LogP contribution is -2.44. The molecular weight excluding hydrogens is 236 g/mol. The van der Waals surface area contributed by atoms with Crippen LogP contribution < -0.4 is 0 Å².